The van der Waals surface area contributed by atoms with E-state index >= 15 is 9.59 Å². The van der Waals surface area contributed by atoms with Gasteiger partial charge in [-0.05, 0) is 118 Å². The Morgan fingerprint density at radius 1 is 0.776 bits per heavy atom. The molecule has 0 aromatic heterocycles. The van der Waals surface area contributed by atoms with E-state index in [0.29, 0.717) is 53.9 Å². The Labute approximate surface area is 499 Å². The molecular weight excluding hydrogens is 1090 g/mol. The lowest BCUT2D eigenvalue weighted by atomic mass is 9.76. The number of anilines is 1. The van der Waals surface area contributed by atoms with Gasteiger partial charge < -0.3 is 63.4 Å². The molecule has 85 heavy (non-hydrogen) atoms. The number of ketones is 1. The van der Waals surface area contributed by atoms with Gasteiger partial charge in [0.25, 0.3) is 0 Å². The minimum absolute atomic E-state index is 0.0455. The number of unbranched alkanes of at least 4 members (excludes halogenated alkanes) is 1. The molecule has 3 unspecified atom stereocenters. The molecule has 3 aromatic carbocycles. The van der Waals surface area contributed by atoms with Gasteiger partial charge in [0.2, 0.25) is 0 Å². The number of rotatable bonds is 17. The van der Waals surface area contributed by atoms with Crippen molar-refractivity contribution in [3.8, 4) is 0 Å². The summed E-state index contributed by atoms with van der Waals surface area (Å²) < 4.78 is 66.1. The summed E-state index contributed by atoms with van der Waals surface area (Å²) in [5.41, 5.74) is 12.2. The number of methoxy groups -OCH3 is 2. The molecule has 5 heterocycles. The van der Waals surface area contributed by atoms with Crippen LogP contribution in [0, 0.1) is 23.7 Å². The minimum atomic E-state index is -1.46. The molecule has 4 fully saturated rings. The van der Waals surface area contributed by atoms with Gasteiger partial charge in [-0.2, -0.15) is 0 Å². The number of hydrazine groups is 2. The maximum Gasteiger partial charge on any atom is 0.415 e. The van der Waals surface area contributed by atoms with Gasteiger partial charge in [-0.3, -0.25) is 19.5 Å². The first-order chi connectivity index (χ1) is 40.4. The van der Waals surface area contributed by atoms with Gasteiger partial charge in [0, 0.05) is 74.5 Å². The van der Waals surface area contributed by atoms with Crippen LogP contribution in [0.15, 0.2) is 102 Å². The Balaban J connectivity index is 1.06. The van der Waals surface area contributed by atoms with Crippen molar-refractivity contribution in [2.24, 2.45) is 23.7 Å². The van der Waals surface area contributed by atoms with Gasteiger partial charge in [-0.15, -0.1) is 5.53 Å². The van der Waals surface area contributed by atoms with Crippen LogP contribution in [0.1, 0.15) is 121 Å². The molecular formula is C64H86N6O15. The third-order valence-electron chi connectivity index (χ3n) is 18.2. The minimum Gasteiger partial charge on any atom is -0.457 e. The first-order valence-electron chi connectivity index (χ1n) is 29.7. The van der Waals surface area contributed by atoms with Crippen LogP contribution in [0.25, 0.3) is 5.70 Å². The van der Waals surface area contributed by atoms with Crippen molar-refractivity contribution in [2.75, 3.05) is 47.1 Å². The molecule has 9 rings (SSSR count). The maximum absolute atomic E-state index is 15.4. The number of likely N-dealkylation sites (N-methyl/N-ethyl adjacent to an activating group) is 1. The van der Waals surface area contributed by atoms with Crippen LogP contribution in [0.3, 0.4) is 0 Å². The molecule has 3 saturated heterocycles. The van der Waals surface area contributed by atoms with Crippen LogP contribution in [0.5, 0.6) is 0 Å². The fourth-order valence-electron chi connectivity index (χ4n) is 13.3. The molecule has 21 nitrogen and oxygen atoms in total. The van der Waals surface area contributed by atoms with E-state index in [-0.39, 0.29) is 37.3 Å². The number of esters is 3. The van der Waals surface area contributed by atoms with Crippen molar-refractivity contribution < 1.29 is 71.3 Å². The number of nitrogens with zero attached hydrogens (tertiary/aromatic N) is 3. The van der Waals surface area contributed by atoms with Gasteiger partial charge >= 0.3 is 24.0 Å². The summed E-state index contributed by atoms with van der Waals surface area (Å²) in [5, 5.41) is 1.91. The third-order valence-corrected chi connectivity index (χ3v) is 18.2. The largest absolute Gasteiger partial charge is 0.457 e. The third kappa shape index (κ3) is 13.0. The Bertz CT molecular complexity index is 2970. The molecule has 1 saturated carbocycles. The molecule has 6 aliphatic rings. The van der Waals surface area contributed by atoms with E-state index in [2.05, 4.69) is 11.0 Å². The smallest absolute Gasteiger partial charge is 0.415 e. The number of nitrogens with two attached hydrogens (primary N) is 1. The fraction of sp³-hybridized carbons (Fsp3) is 0.578. The summed E-state index contributed by atoms with van der Waals surface area (Å²) in [6.45, 7) is 17.1. The maximum atomic E-state index is 15.4. The summed E-state index contributed by atoms with van der Waals surface area (Å²) in [5.74, 6) is -5.35. The predicted molar refractivity (Wildman–Crippen MR) is 313 cm³/mol. The highest BCUT2D eigenvalue weighted by Crippen LogP contribution is 2.60. The van der Waals surface area contributed by atoms with Gasteiger partial charge in [-0.25, -0.2) is 14.4 Å². The van der Waals surface area contributed by atoms with Crippen LogP contribution in [-0.2, 0) is 57.0 Å². The highest BCUT2D eigenvalue weighted by Gasteiger charge is 2.76. The van der Waals surface area contributed by atoms with Crippen LogP contribution in [0.4, 0.5) is 10.5 Å². The van der Waals surface area contributed by atoms with E-state index in [1.165, 1.54) is 19.1 Å². The standard InChI is InChI=1S/C64H86N6O15/c1-36-33-62(8,76-12)54(84-60-52(48(68(10)11)31-37(2)78-60)81-58(73)43-23-16-14-17-24-43)39(4)51(80-49-34-63(9,77-13)56(42(7)79-49)83-59(74)44-25-18-15-19-26-44)40(5)57(72)82-55-41(6)64(55)53(38(3)50(36)71)70(61(75)85-64)30-21-20-29-69-35-47(66-67-69)45-27-22-28-46(65)32-45/h14-19,22-28,32,35-37,39-42,48-49,51-52,54-56,60,66-67H,20-21,29-31,33-34,65H2,1-13H3/b53-38-/t36-,37-,39+,40-,41?,42+,48+,49?,51+,52-,54-,55-,56+,60?,62+,63-,64+/m1/s1. The summed E-state index contributed by atoms with van der Waals surface area (Å²) in [6.07, 6.45) is -5.47. The Morgan fingerprint density at radius 3 is 2.05 bits per heavy atom. The van der Waals surface area contributed by atoms with Gasteiger partial charge in [0.1, 0.15) is 5.60 Å². The second-order valence-electron chi connectivity index (χ2n) is 24.5. The zero-order valence-electron chi connectivity index (χ0n) is 51.2. The molecule has 462 valence electrons. The molecule has 3 aromatic rings. The van der Waals surface area contributed by atoms with Crippen molar-refractivity contribution >= 4 is 41.2 Å². The molecule has 17 atom stereocenters. The highest BCUT2D eigenvalue weighted by molar-refractivity contribution is 5.99. The Morgan fingerprint density at radius 2 is 1.41 bits per heavy atom. The summed E-state index contributed by atoms with van der Waals surface area (Å²) in [7, 11) is 6.87. The number of Topliss-reactive ketones (excluding diaryl/α,β-unsaturated/α-hetero) is 1. The van der Waals surface area contributed by atoms with E-state index in [4.69, 9.17) is 53.1 Å². The fourth-order valence-corrected chi connectivity index (χ4v) is 13.3. The summed E-state index contributed by atoms with van der Waals surface area (Å²) in [4.78, 5) is 76.1. The molecule has 1 aliphatic carbocycles. The van der Waals surface area contributed by atoms with Crippen LogP contribution < -0.4 is 16.7 Å². The second-order valence-corrected chi connectivity index (χ2v) is 24.5. The van der Waals surface area contributed by atoms with Gasteiger partial charge in [0.15, 0.2) is 42.3 Å². The van der Waals surface area contributed by atoms with Crippen molar-refractivity contribution in [3.05, 3.63) is 119 Å². The first-order valence-corrected chi connectivity index (χ1v) is 29.7. The lowest BCUT2D eigenvalue weighted by Crippen LogP contribution is -2.61. The van der Waals surface area contributed by atoms with E-state index in [9.17, 15) is 14.4 Å². The molecule has 0 bridgehead atoms. The zero-order valence-corrected chi connectivity index (χ0v) is 51.2. The molecule has 1 spiro atoms. The Kier molecular flexibility index (Phi) is 19.2. The predicted octanol–water partition coefficient (Wildman–Crippen LogP) is 7.81. The van der Waals surface area contributed by atoms with Gasteiger partial charge in [0.05, 0.1) is 64.5 Å². The van der Waals surface area contributed by atoms with Crippen molar-refractivity contribution in [1.29, 1.82) is 0 Å². The average Bonchev–Trinajstić information content (AvgIpc) is 1.53. The normalized spacial score (nSPS) is 36.1. The number of nitrogen functional groups attached to an aromatic ring is 1. The molecule has 21 heteroatoms. The lowest BCUT2D eigenvalue weighted by Gasteiger charge is -2.50. The number of hydrogen-bond acceptors (Lipinski definition) is 20. The van der Waals surface area contributed by atoms with Crippen molar-refractivity contribution in [1.82, 2.24) is 25.8 Å². The van der Waals surface area contributed by atoms with E-state index < -0.39 is 114 Å². The van der Waals surface area contributed by atoms with Gasteiger partial charge in [-0.1, -0.05) is 69.3 Å². The van der Waals surface area contributed by atoms with E-state index in [1.807, 2.05) is 108 Å². The first kappa shape index (κ1) is 63.1. The quantitative estimate of drug-likeness (QED) is 0.0505. The molecule has 4 N–H and O–H groups in total. The number of carbonyl (C=O) groups excluding carboxylic acids is 5. The van der Waals surface area contributed by atoms with Crippen LogP contribution in [0.2, 0.25) is 0 Å². The number of allylic oxidation sites excluding steroid dienone is 1. The number of carbonyl (C=O) groups is 5. The number of ether oxygens (including phenoxy) is 10. The Hall–Kier alpha value is -6.43. The number of benzene rings is 3. The molecule has 0 radical (unpaired) electrons. The van der Waals surface area contributed by atoms with Crippen LogP contribution in [-0.4, -0.2) is 164 Å². The average molecular weight is 1180 g/mol. The monoisotopic (exact) mass is 1180 g/mol. The summed E-state index contributed by atoms with van der Waals surface area (Å²) in [6, 6.07) is 24.5. The van der Waals surface area contributed by atoms with Crippen LogP contribution >= 0.6 is 0 Å². The zero-order chi connectivity index (χ0) is 61.3. The van der Waals surface area contributed by atoms with E-state index in [1.54, 1.807) is 69.3 Å². The SMILES string of the molecule is CO[C@]1(C)CC(O[C@H]2[C@H](C)[C@@H](OC3O[C@H](C)C[C@H](N(C)C)[C@H]3OC(=O)c3ccccc3)[C@@](C)(OC)C[C@@H](C)C(=O)/C(C)=C3\N(CCCCN4C=C(c5cccc(N)c5)NN4)C(=O)O[C@@]34C(C)[C@H]4OC(=O)[C@@H]2C)O[C@@H](C)[C@@H]1OC(=O)c1ccccc1. The lowest BCUT2D eigenvalue weighted by molar-refractivity contribution is -0.318. The van der Waals surface area contributed by atoms with Crippen molar-refractivity contribution in [2.45, 2.75) is 173 Å². The number of nitrogens with one attached hydrogen (secondary N) is 2. The van der Waals surface area contributed by atoms with Crippen molar-refractivity contribution in [3.63, 3.8) is 0 Å². The highest BCUT2D eigenvalue weighted by atomic mass is 16.7. The molecule has 1 amide bonds. The topological polar surface area (TPSA) is 237 Å². The number of amides is 1. The summed E-state index contributed by atoms with van der Waals surface area (Å²) >= 11 is 0. The second kappa shape index (κ2) is 25.9. The number of hydrogen-bond donors (Lipinski definition) is 3. The molecule has 5 aliphatic heterocycles. The van der Waals surface area contributed by atoms with E-state index in [0.717, 1.165) is 11.3 Å².